The van der Waals surface area contributed by atoms with Crippen molar-refractivity contribution in [1.29, 1.82) is 0 Å². The predicted octanol–water partition coefficient (Wildman–Crippen LogP) is 5.57. The number of aromatic nitrogens is 1. The monoisotopic (exact) mass is 468 g/mol. The largest absolute Gasteiger partial charge is 0.573 e. The molecule has 0 aliphatic heterocycles. The van der Waals surface area contributed by atoms with E-state index in [0.717, 1.165) is 10.9 Å². The number of hydrogen-bond acceptors (Lipinski definition) is 4. The number of thiazole rings is 1. The first-order valence-corrected chi connectivity index (χ1v) is 7.98. The fourth-order valence-corrected chi connectivity index (χ4v) is 3.59. The van der Waals surface area contributed by atoms with Crippen molar-refractivity contribution in [2.75, 3.05) is 5.32 Å². The average Bonchev–Trinajstić information content (AvgIpc) is 2.71. The summed E-state index contributed by atoms with van der Waals surface area (Å²) in [5.41, 5.74) is 0.524. The summed E-state index contributed by atoms with van der Waals surface area (Å²) in [4.78, 5) is 4.77. The van der Waals surface area contributed by atoms with E-state index in [9.17, 15) is 13.2 Å². The van der Waals surface area contributed by atoms with E-state index >= 15 is 0 Å². The van der Waals surface area contributed by atoms with Crippen molar-refractivity contribution >= 4 is 62.8 Å². The van der Waals surface area contributed by atoms with Crippen molar-refractivity contribution in [2.24, 2.45) is 0 Å². The quantitative estimate of drug-likeness (QED) is 0.596. The molecular formula is C11H6Cl2F3IN2OS. The number of benzene rings is 1. The summed E-state index contributed by atoms with van der Waals surface area (Å²) in [6, 6.07) is 2.36. The molecule has 0 bridgehead atoms. The molecule has 0 amide bonds. The molecule has 0 saturated heterocycles. The van der Waals surface area contributed by atoms with Crippen LogP contribution in [0.2, 0.25) is 9.49 Å². The topological polar surface area (TPSA) is 34.1 Å². The third kappa shape index (κ3) is 5.04. The summed E-state index contributed by atoms with van der Waals surface area (Å²) in [6.45, 7) is 0.416. The SMILES string of the molecule is FC(F)(F)Oc1cc(Cl)c(NCc2cnc(Cl)s2)c(I)c1. The summed E-state index contributed by atoms with van der Waals surface area (Å²) in [5, 5.41) is 3.17. The van der Waals surface area contributed by atoms with Crippen molar-refractivity contribution in [3.63, 3.8) is 0 Å². The first kappa shape index (κ1) is 16.9. The van der Waals surface area contributed by atoms with Gasteiger partial charge in [-0.25, -0.2) is 4.98 Å². The molecule has 1 N–H and O–H groups in total. The number of ether oxygens (including phenoxy) is 1. The van der Waals surface area contributed by atoms with Crippen molar-refractivity contribution in [3.8, 4) is 5.75 Å². The Morgan fingerprint density at radius 1 is 1.33 bits per heavy atom. The number of halogens is 6. The normalized spacial score (nSPS) is 11.5. The minimum Gasteiger partial charge on any atom is -0.406 e. The molecule has 0 saturated carbocycles. The lowest BCUT2D eigenvalue weighted by Gasteiger charge is -2.13. The minimum absolute atomic E-state index is 0.136. The molecule has 0 fully saturated rings. The van der Waals surface area contributed by atoms with Crippen LogP contribution in [0.4, 0.5) is 18.9 Å². The highest BCUT2D eigenvalue weighted by atomic mass is 127. The molecule has 1 aromatic carbocycles. The summed E-state index contributed by atoms with van der Waals surface area (Å²) >= 11 is 14.9. The standard InChI is InChI=1S/C11H6Cl2F3IN2OS/c12-7-1-5(20-11(14,15)16)2-8(17)9(7)18-3-6-4-19-10(13)21-6/h1-2,4,18H,3H2. The third-order valence-electron chi connectivity index (χ3n) is 2.21. The Kier molecular flexibility index (Phi) is 5.44. The van der Waals surface area contributed by atoms with Crippen LogP contribution in [0.1, 0.15) is 4.88 Å². The van der Waals surface area contributed by atoms with Gasteiger partial charge in [0.05, 0.1) is 17.3 Å². The molecule has 0 spiro atoms. The van der Waals surface area contributed by atoms with Crippen molar-refractivity contribution in [3.05, 3.63) is 36.3 Å². The molecule has 2 rings (SSSR count). The van der Waals surface area contributed by atoms with Crippen LogP contribution in [0.3, 0.4) is 0 Å². The molecule has 0 aliphatic carbocycles. The zero-order chi connectivity index (χ0) is 15.6. The van der Waals surface area contributed by atoms with Gasteiger partial charge in [0.15, 0.2) is 4.47 Å². The Labute approximate surface area is 145 Å². The van der Waals surface area contributed by atoms with E-state index in [1.54, 1.807) is 6.20 Å². The highest BCUT2D eigenvalue weighted by Gasteiger charge is 2.31. The number of rotatable bonds is 4. The molecule has 114 valence electrons. The second-order valence-electron chi connectivity index (χ2n) is 3.74. The molecule has 21 heavy (non-hydrogen) atoms. The van der Waals surface area contributed by atoms with Crippen LogP contribution in [-0.4, -0.2) is 11.3 Å². The maximum atomic E-state index is 12.2. The smallest absolute Gasteiger partial charge is 0.406 e. The summed E-state index contributed by atoms with van der Waals surface area (Å²) in [6.07, 6.45) is -3.14. The van der Waals surface area contributed by atoms with Crippen molar-refractivity contribution in [1.82, 2.24) is 4.98 Å². The summed E-state index contributed by atoms with van der Waals surface area (Å²) in [5.74, 6) is -0.358. The van der Waals surface area contributed by atoms with Gasteiger partial charge in [0.1, 0.15) is 5.75 Å². The molecule has 10 heteroatoms. The first-order chi connectivity index (χ1) is 9.74. The average molecular weight is 469 g/mol. The van der Waals surface area contributed by atoms with Gasteiger partial charge in [-0.15, -0.1) is 24.5 Å². The molecular weight excluding hydrogens is 463 g/mol. The summed E-state index contributed by atoms with van der Waals surface area (Å²) < 4.78 is 41.3. The zero-order valence-electron chi connectivity index (χ0n) is 9.97. The lowest BCUT2D eigenvalue weighted by atomic mass is 10.3. The van der Waals surface area contributed by atoms with Gasteiger partial charge in [0, 0.05) is 20.7 Å². The van der Waals surface area contributed by atoms with E-state index < -0.39 is 6.36 Å². The van der Waals surface area contributed by atoms with Crippen LogP contribution in [0.25, 0.3) is 0 Å². The van der Waals surface area contributed by atoms with Gasteiger partial charge >= 0.3 is 6.36 Å². The van der Waals surface area contributed by atoms with Crippen molar-refractivity contribution < 1.29 is 17.9 Å². The highest BCUT2D eigenvalue weighted by molar-refractivity contribution is 14.1. The lowest BCUT2D eigenvalue weighted by Crippen LogP contribution is -2.17. The zero-order valence-corrected chi connectivity index (χ0v) is 14.5. The van der Waals surface area contributed by atoms with Crippen LogP contribution >= 0.6 is 57.1 Å². The van der Waals surface area contributed by atoms with E-state index in [-0.39, 0.29) is 10.8 Å². The Morgan fingerprint density at radius 2 is 2.05 bits per heavy atom. The van der Waals surface area contributed by atoms with E-state index in [4.69, 9.17) is 23.2 Å². The Morgan fingerprint density at radius 3 is 2.57 bits per heavy atom. The fraction of sp³-hybridized carbons (Fsp3) is 0.182. The molecule has 0 radical (unpaired) electrons. The van der Waals surface area contributed by atoms with Crippen molar-refractivity contribution in [2.45, 2.75) is 12.9 Å². The molecule has 0 atom stereocenters. The molecule has 1 aromatic heterocycles. The van der Waals surface area contributed by atoms with Gasteiger partial charge in [-0.2, -0.15) is 0 Å². The number of nitrogens with zero attached hydrogens (tertiary/aromatic N) is 1. The van der Waals surface area contributed by atoms with Crippen LogP contribution in [0.5, 0.6) is 5.75 Å². The Bertz CT molecular complexity index is 628. The Hall–Kier alpha value is -0.450. The number of anilines is 1. The molecule has 1 heterocycles. The number of alkyl halides is 3. The van der Waals surface area contributed by atoms with Crippen LogP contribution in [0, 0.1) is 3.57 Å². The summed E-state index contributed by atoms with van der Waals surface area (Å²) in [7, 11) is 0. The van der Waals surface area contributed by atoms with Gasteiger partial charge in [-0.05, 0) is 28.7 Å². The number of nitrogens with one attached hydrogen (secondary N) is 1. The highest BCUT2D eigenvalue weighted by Crippen LogP contribution is 2.35. The second-order valence-corrected chi connectivity index (χ2v) is 7.01. The van der Waals surface area contributed by atoms with Crippen LogP contribution < -0.4 is 10.1 Å². The van der Waals surface area contributed by atoms with Gasteiger partial charge < -0.3 is 10.1 Å². The third-order valence-corrected chi connectivity index (χ3v) is 4.48. The number of hydrogen-bond donors (Lipinski definition) is 1. The maximum absolute atomic E-state index is 12.2. The van der Waals surface area contributed by atoms with Gasteiger partial charge in [-0.1, -0.05) is 23.2 Å². The van der Waals surface area contributed by atoms with E-state index in [0.29, 0.717) is 20.3 Å². The maximum Gasteiger partial charge on any atom is 0.573 e. The van der Waals surface area contributed by atoms with Gasteiger partial charge in [0.2, 0.25) is 0 Å². The minimum atomic E-state index is -4.75. The molecule has 0 unspecified atom stereocenters. The predicted molar refractivity (Wildman–Crippen MR) is 85.3 cm³/mol. The first-order valence-electron chi connectivity index (χ1n) is 5.33. The van der Waals surface area contributed by atoms with Crippen LogP contribution in [0.15, 0.2) is 18.3 Å². The van der Waals surface area contributed by atoms with Crippen LogP contribution in [-0.2, 0) is 6.54 Å². The fourth-order valence-electron chi connectivity index (χ4n) is 1.45. The van der Waals surface area contributed by atoms with E-state index in [1.165, 1.54) is 17.4 Å². The van der Waals surface area contributed by atoms with E-state index in [1.807, 2.05) is 22.6 Å². The molecule has 3 nitrogen and oxygen atoms in total. The second kappa shape index (κ2) is 6.76. The van der Waals surface area contributed by atoms with E-state index in [2.05, 4.69) is 15.0 Å². The molecule has 0 aliphatic rings. The Balaban J connectivity index is 2.13. The van der Waals surface area contributed by atoms with Gasteiger partial charge in [0.25, 0.3) is 0 Å². The lowest BCUT2D eigenvalue weighted by molar-refractivity contribution is -0.274. The molecule has 2 aromatic rings. The van der Waals surface area contributed by atoms with Gasteiger partial charge in [-0.3, -0.25) is 0 Å².